The summed E-state index contributed by atoms with van der Waals surface area (Å²) in [4.78, 5) is 30.8. The number of ether oxygens (including phenoxy) is 1. The molecule has 7 heteroatoms. The van der Waals surface area contributed by atoms with Crippen LogP contribution in [0.2, 0.25) is 0 Å². The molecule has 1 amide bonds. The Morgan fingerprint density at radius 3 is 2.79 bits per heavy atom. The molecule has 2 aliphatic rings. The van der Waals surface area contributed by atoms with Gasteiger partial charge in [0.25, 0.3) is 5.56 Å². The lowest BCUT2D eigenvalue weighted by Gasteiger charge is -2.21. The highest BCUT2D eigenvalue weighted by molar-refractivity contribution is 5.92. The molecule has 2 aromatic carbocycles. The van der Waals surface area contributed by atoms with Crippen molar-refractivity contribution in [1.29, 1.82) is 0 Å². The summed E-state index contributed by atoms with van der Waals surface area (Å²) < 4.78 is 9.57. The standard InChI is InChI=1S/C26H26N4O3/c31-23(27-16-17-6-5-15-33-17)12-14-29-22-10-4-2-7-18(22)19-11-13-30-25(24(19)29)28-21-9-3-1-8-20(21)26(30)32/h1-4,7-10,17H,5-6,11-16H2,(H,27,31). The van der Waals surface area contributed by atoms with E-state index in [1.54, 1.807) is 4.57 Å². The maximum Gasteiger partial charge on any atom is 0.261 e. The molecule has 1 unspecified atom stereocenters. The molecule has 2 aliphatic heterocycles. The van der Waals surface area contributed by atoms with Crippen molar-refractivity contribution in [2.45, 2.75) is 44.9 Å². The minimum absolute atomic E-state index is 0.00707. The zero-order valence-corrected chi connectivity index (χ0v) is 18.4. The van der Waals surface area contributed by atoms with Crippen LogP contribution in [0.4, 0.5) is 0 Å². The molecule has 0 bridgehead atoms. The molecule has 4 aromatic rings. The van der Waals surface area contributed by atoms with E-state index in [0.717, 1.165) is 37.1 Å². The van der Waals surface area contributed by atoms with Gasteiger partial charge in [-0.1, -0.05) is 30.3 Å². The number of nitrogens with zero attached hydrogens (tertiary/aromatic N) is 3. The molecule has 168 valence electrons. The average Bonchev–Trinajstić information content (AvgIpc) is 3.48. The van der Waals surface area contributed by atoms with Crippen LogP contribution in [0.15, 0.2) is 53.3 Å². The smallest absolute Gasteiger partial charge is 0.261 e. The second-order valence-electron chi connectivity index (χ2n) is 8.84. The molecule has 0 spiro atoms. The lowest BCUT2D eigenvalue weighted by Crippen LogP contribution is -2.32. The minimum Gasteiger partial charge on any atom is -0.376 e. The van der Waals surface area contributed by atoms with Gasteiger partial charge >= 0.3 is 0 Å². The number of para-hydroxylation sites is 2. The normalized spacial score (nSPS) is 17.3. The van der Waals surface area contributed by atoms with Gasteiger partial charge in [-0.05, 0) is 43.0 Å². The van der Waals surface area contributed by atoms with Crippen LogP contribution in [-0.2, 0) is 29.0 Å². The number of hydrogen-bond donors (Lipinski definition) is 1. The molecular formula is C26H26N4O3. The van der Waals surface area contributed by atoms with E-state index in [2.05, 4.69) is 22.0 Å². The van der Waals surface area contributed by atoms with E-state index in [0.29, 0.717) is 42.8 Å². The number of nitrogens with one attached hydrogen (secondary N) is 1. The highest BCUT2D eigenvalue weighted by atomic mass is 16.5. The Morgan fingerprint density at radius 1 is 1.12 bits per heavy atom. The van der Waals surface area contributed by atoms with Crippen molar-refractivity contribution in [2.24, 2.45) is 0 Å². The van der Waals surface area contributed by atoms with Gasteiger partial charge < -0.3 is 14.6 Å². The first-order chi connectivity index (χ1) is 16.2. The van der Waals surface area contributed by atoms with Crippen LogP contribution < -0.4 is 10.9 Å². The molecule has 0 radical (unpaired) electrons. The number of carbonyl (C=O) groups excluding carboxylic acids is 1. The number of aromatic nitrogens is 3. The maximum absolute atomic E-state index is 13.2. The monoisotopic (exact) mass is 442 g/mol. The number of amides is 1. The Hall–Kier alpha value is -3.45. The summed E-state index contributed by atoms with van der Waals surface area (Å²) in [5, 5.41) is 4.83. The molecule has 33 heavy (non-hydrogen) atoms. The maximum atomic E-state index is 13.2. The molecule has 0 saturated carbocycles. The Labute approximate surface area is 191 Å². The lowest BCUT2D eigenvalue weighted by atomic mass is 10.0. The third-order valence-electron chi connectivity index (χ3n) is 6.85. The Kier molecular flexibility index (Phi) is 4.99. The van der Waals surface area contributed by atoms with E-state index in [-0.39, 0.29) is 17.6 Å². The molecule has 0 aliphatic carbocycles. The van der Waals surface area contributed by atoms with E-state index in [4.69, 9.17) is 9.72 Å². The van der Waals surface area contributed by atoms with Gasteiger partial charge in [0.05, 0.1) is 22.7 Å². The second kappa shape index (κ2) is 8.15. The fourth-order valence-corrected chi connectivity index (χ4v) is 5.23. The molecule has 1 fully saturated rings. The molecule has 6 rings (SSSR count). The van der Waals surface area contributed by atoms with Crippen molar-refractivity contribution in [3.63, 3.8) is 0 Å². The third kappa shape index (κ3) is 3.43. The topological polar surface area (TPSA) is 78.2 Å². The largest absolute Gasteiger partial charge is 0.376 e. The number of hydrogen-bond acceptors (Lipinski definition) is 4. The van der Waals surface area contributed by atoms with Crippen LogP contribution in [0.1, 0.15) is 24.8 Å². The van der Waals surface area contributed by atoms with Gasteiger partial charge in [0, 0.05) is 43.6 Å². The number of rotatable bonds is 5. The highest BCUT2D eigenvalue weighted by Crippen LogP contribution is 2.36. The van der Waals surface area contributed by atoms with Crippen molar-refractivity contribution in [3.05, 3.63) is 64.4 Å². The number of benzene rings is 2. The SMILES string of the molecule is O=C(CCn1c2c(c3ccccc31)CCn1c-2nc2ccccc2c1=O)NCC1CCCO1. The second-order valence-corrected chi connectivity index (χ2v) is 8.84. The summed E-state index contributed by atoms with van der Waals surface area (Å²) in [6, 6.07) is 15.8. The van der Waals surface area contributed by atoms with Crippen molar-refractivity contribution in [1.82, 2.24) is 19.4 Å². The predicted molar refractivity (Wildman–Crippen MR) is 127 cm³/mol. The van der Waals surface area contributed by atoms with Gasteiger partial charge in [-0.25, -0.2) is 4.98 Å². The molecule has 2 aromatic heterocycles. The molecule has 4 heterocycles. The highest BCUT2D eigenvalue weighted by Gasteiger charge is 2.27. The van der Waals surface area contributed by atoms with Crippen molar-refractivity contribution >= 4 is 27.7 Å². The van der Waals surface area contributed by atoms with E-state index in [1.165, 1.54) is 10.9 Å². The quantitative estimate of drug-likeness (QED) is 0.515. The number of fused-ring (bicyclic) bond motifs is 6. The molecular weight excluding hydrogens is 416 g/mol. The van der Waals surface area contributed by atoms with Gasteiger partial charge in [0.15, 0.2) is 5.82 Å². The third-order valence-corrected chi connectivity index (χ3v) is 6.85. The predicted octanol–water partition coefficient (Wildman–Crippen LogP) is 3.26. The summed E-state index contributed by atoms with van der Waals surface area (Å²) in [6.07, 6.45) is 3.31. The first kappa shape index (κ1) is 20.2. The summed E-state index contributed by atoms with van der Waals surface area (Å²) in [6.45, 7) is 2.47. The van der Waals surface area contributed by atoms with Crippen molar-refractivity contribution < 1.29 is 9.53 Å². The first-order valence-electron chi connectivity index (χ1n) is 11.7. The number of carbonyl (C=O) groups is 1. The number of aryl methyl sites for hydroxylation is 2. The van der Waals surface area contributed by atoms with Gasteiger partial charge in [-0.2, -0.15) is 0 Å². The van der Waals surface area contributed by atoms with Crippen LogP contribution in [0.3, 0.4) is 0 Å². The van der Waals surface area contributed by atoms with Crippen LogP contribution in [0, 0.1) is 0 Å². The zero-order valence-electron chi connectivity index (χ0n) is 18.4. The molecule has 1 saturated heterocycles. The van der Waals surface area contributed by atoms with Crippen molar-refractivity contribution in [3.8, 4) is 11.5 Å². The van der Waals surface area contributed by atoms with Crippen LogP contribution in [-0.4, -0.2) is 39.3 Å². The van der Waals surface area contributed by atoms with Crippen molar-refractivity contribution in [2.75, 3.05) is 13.2 Å². The van der Waals surface area contributed by atoms with Gasteiger partial charge in [-0.15, -0.1) is 0 Å². The minimum atomic E-state index is -0.00707. The van der Waals surface area contributed by atoms with Crippen LogP contribution in [0.5, 0.6) is 0 Å². The fraction of sp³-hybridized carbons (Fsp3) is 0.346. The Morgan fingerprint density at radius 2 is 1.94 bits per heavy atom. The van der Waals surface area contributed by atoms with E-state index >= 15 is 0 Å². The van der Waals surface area contributed by atoms with E-state index in [9.17, 15) is 9.59 Å². The summed E-state index contributed by atoms with van der Waals surface area (Å²) in [5.41, 5.74) is 3.93. The summed E-state index contributed by atoms with van der Waals surface area (Å²) >= 11 is 0. The average molecular weight is 443 g/mol. The van der Waals surface area contributed by atoms with E-state index < -0.39 is 0 Å². The summed E-state index contributed by atoms with van der Waals surface area (Å²) in [5.74, 6) is 0.701. The fourth-order valence-electron chi connectivity index (χ4n) is 5.23. The Balaban J connectivity index is 1.39. The Bertz CT molecular complexity index is 1430. The summed E-state index contributed by atoms with van der Waals surface area (Å²) in [7, 11) is 0. The van der Waals surface area contributed by atoms with Gasteiger partial charge in [-0.3, -0.25) is 14.2 Å². The van der Waals surface area contributed by atoms with Crippen LogP contribution in [0.25, 0.3) is 33.3 Å². The molecule has 1 N–H and O–H groups in total. The first-order valence-corrected chi connectivity index (χ1v) is 11.7. The van der Waals surface area contributed by atoms with Gasteiger partial charge in [0.2, 0.25) is 5.91 Å². The van der Waals surface area contributed by atoms with E-state index in [1.807, 2.05) is 36.4 Å². The molecule has 7 nitrogen and oxygen atoms in total. The van der Waals surface area contributed by atoms with Crippen LogP contribution >= 0.6 is 0 Å². The zero-order chi connectivity index (χ0) is 22.4. The molecule has 1 atom stereocenters. The lowest BCUT2D eigenvalue weighted by molar-refractivity contribution is -0.121. The van der Waals surface area contributed by atoms with Gasteiger partial charge in [0.1, 0.15) is 0 Å².